The molecule has 3 saturated carbocycles. The minimum absolute atomic E-state index is 0.0214. The number of Topliss-reactive ketones (excluding diaryl/α,β-unsaturated/α-hetero) is 1. The smallest absolute Gasteiger partial charge is 0.166 e. The van der Waals surface area contributed by atoms with Crippen LogP contribution in [0.25, 0.3) is 6.08 Å². The summed E-state index contributed by atoms with van der Waals surface area (Å²) in [7, 11) is 0. The fourth-order valence-corrected chi connectivity index (χ4v) is 5.81. The maximum atomic E-state index is 13.0. The van der Waals surface area contributed by atoms with Gasteiger partial charge in [-0.1, -0.05) is 50.6 Å². The van der Waals surface area contributed by atoms with Gasteiger partial charge in [0.15, 0.2) is 5.78 Å². The van der Waals surface area contributed by atoms with Crippen molar-refractivity contribution in [3.05, 3.63) is 41.0 Å². The Labute approximate surface area is 126 Å². The van der Waals surface area contributed by atoms with Gasteiger partial charge in [0.2, 0.25) is 0 Å². The first-order valence-electron chi connectivity index (χ1n) is 7.87. The Morgan fingerprint density at radius 2 is 1.81 bits per heavy atom. The second-order valence-corrected chi connectivity index (χ2v) is 7.85. The van der Waals surface area contributed by atoms with Crippen molar-refractivity contribution in [2.75, 3.05) is 0 Å². The number of hydrogen-bond donors (Lipinski definition) is 1. The zero-order valence-corrected chi connectivity index (χ0v) is 13.2. The SMILES string of the molecule is Cc1ccc(/C=C2\C(=O)C3(C)C(C)(C)C34C(N)CC24)cc1. The summed E-state index contributed by atoms with van der Waals surface area (Å²) in [6.45, 7) is 8.66. The minimum Gasteiger partial charge on any atom is -0.327 e. The summed E-state index contributed by atoms with van der Waals surface area (Å²) in [4.78, 5) is 13.0. The van der Waals surface area contributed by atoms with Crippen molar-refractivity contribution < 1.29 is 4.79 Å². The Bertz CT molecular complexity index is 684. The van der Waals surface area contributed by atoms with E-state index in [0.29, 0.717) is 11.7 Å². The Morgan fingerprint density at radius 3 is 2.33 bits per heavy atom. The molecule has 4 unspecified atom stereocenters. The van der Waals surface area contributed by atoms with Gasteiger partial charge in [0, 0.05) is 22.4 Å². The third-order valence-electron chi connectivity index (χ3n) is 7.16. The topological polar surface area (TPSA) is 43.1 Å². The first kappa shape index (κ1) is 13.3. The molecule has 1 aromatic rings. The van der Waals surface area contributed by atoms with Crippen molar-refractivity contribution >= 4 is 11.9 Å². The Morgan fingerprint density at radius 1 is 1.19 bits per heavy atom. The fraction of sp³-hybridized carbons (Fsp3) is 0.526. The van der Waals surface area contributed by atoms with E-state index in [2.05, 4.69) is 58.0 Å². The number of hydrogen-bond acceptors (Lipinski definition) is 2. The Kier molecular flexibility index (Phi) is 2.21. The number of aryl methyl sites for hydroxylation is 1. The van der Waals surface area contributed by atoms with E-state index in [4.69, 9.17) is 5.73 Å². The van der Waals surface area contributed by atoms with Gasteiger partial charge in [0.05, 0.1) is 0 Å². The molecule has 3 aliphatic carbocycles. The molecule has 0 bridgehead atoms. The summed E-state index contributed by atoms with van der Waals surface area (Å²) in [6, 6.07) is 8.56. The molecule has 3 aliphatic rings. The molecule has 21 heavy (non-hydrogen) atoms. The van der Waals surface area contributed by atoms with Crippen LogP contribution >= 0.6 is 0 Å². The van der Waals surface area contributed by atoms with Crippen LogP contribution in [0.5, 0.6) is 0 Å². The van der Waals surface area contributed by atoms with Crippen LogP contribution in [-0.4, -0.2) is 11.8 Å². The molecule has 0 saturated heterocycles. The lowest BCUT2D eigenvalue weighted by Gasteiger charge is -2.45. The third-order valence-corrected chi connectivity index (χ3v) is 7.16. The van der Waals surface area contributed by atoms with E-state index in [0.717, 1.165) is 17.6 Å². The fourth-order valence-electron chi connectivity index (χ4n) is 5.81. The Hall–Kier alpha value is -1.41. The van der Waals surface area contributed by atoms with Crippen LogP contribution in [-0.2, 0) is 4.79 Å². The van der Waals surface area contributed by atoms with Crippen molar-refractivity contribution in [1.82, 2.24) is 0 Å². The lowest BCUT2D eigenvalue weighted by atomic mass is 9.61. The molecular weight excluding hydrogens is 258 g/mol. The maximum absolute atomic E-state index is 13.0. The Balaban J connectivity index is 1.79. The second kappa shape index (κ2) is 3.49. The molecule has 0 radical (unpaired) electrons. The number of nitrogens with two attached hydrogens (primary N) is 1. The molecule has 1 aromatic carbocycles. The first-order valence-corrected chi connectivity index (χ1v) is 7.87. The van der Waals surface area contributed by atoms with Crippen LogP contribution in [0, 0.1) is 29.1 Å². The predicted octanol–water partition coefficient (Wildman–Crippen LogP) is 3.34. The van der Waals surface area contributed by atoms with Gasteiger partial charge in [-0.05, 0) is 36.3 Å². The largest absolute Gasteiger partial charge is 0.327 e. The van der Waals surface area contributed by atoms with Gasteiger partial charge < -0.3 is 5.73 Å². The van der Waals surface area contributed by atoms with E-state index in [1.165, 1.54) is 5.56 Å². The van der Waals surface area contributed by atoms with Crippen molar-refractivity contribution in [2.45, 2.75) is 40.2 Å². The number of ketones is 1. The molecular formula is C19H23NO. The summed E-state index contributed by atoms with van der Waals surface area (Å²) >= 11 is 0. The van der Waals surface area contributed by atoms with Gasteiger partial charge in [0.25, 0.3) is 0 Å². The van der Waals surface area contributed by atoms with E-state index < -0.39 is 0 Å². The van der Waals surface area contributed by atoms with Crippen molar-refractivity contribution in [3.63, 3.8) is 0 Å². The quantitative estimate of drug-likeness (QED) is 0.802. The predicted molar refractivity (Wildman–Crippen MR) is 84.6 cm³/mol. The van der Waals surface area contributed by atoms with Gasteiger partial charge in [-0.15, -0.1) is 0 Å². The highest BCUT2D eigenvalue weighted by Gasteiger charge is 2.94. The van der Waals surface area contributed by atoms with Gasteiger partial charge in [-0.25, -0.2) is 0 Å². The van der Waals surface area contributed by atoms with Gasteiger partial charge >= 0.3 is 0 Å². The van der Waals surface area contributed by atoms with Crippen molar-refractivity contribution in [1.29, 1.82) is 0 Å². The van der Waals surface area contributed by atoms with Gasteiger partial charge in [-0.3, -0.25) is 4.79 Å². The third kappa shape index (κ3) is 1.12. The van der Waals surface area contributed by atoms with Crippen LogP contribution < -0.4 is 5.73 Å². The van der Waals surface area contributed by atoms with Crippen LogP contribution in [0.1, 0.15) is 38.3 Å². The van der Waals surface area contributed by atoms with Crippen molar-refractivity contribution in [3.8, 4) is 0 Å². The lowest BCUT2D eigenvalue weighted by Crippen LogP contribution is -2.51. The van der Waals surface area contributed by atoms with Crippen LogP contribution in [0.15, 0.2) is 29.8 Å². The molecule has 4 rings (SSSR count). The summed E-state index contributed by atoms with van der Waals surface area (Å²) in [5.74, 6) is 0.701. The number of allylic oxidation sites excluding steroid dienone is 1. The van der Waals surface area contributed by atoms with Crippen LogP contribution in [0.3, 0.4) is 0 Å². The van der Waals surface area contributed by atoms with Crippen LogP contribution in [0.4, 0.5) is 0 Å². The molecule has 4 atom stereocenters. The zero-order valence-electron chi connectivity index (χ0n) is 13.2. The van der Waals surface area contributed by atoms with E-state index in [-0.39, 0.29) is 22.3 Å². The monoisotopic (exact) mass is 281 g/mol. The lowest BCUT2D eigenvalue weighted by molar-refractivity contribution is -0.120. The van der Waals surface area contributed by atoms with E-state index in [9.17, 15) is 4.79 Å². The molecule has 1 spiro atoms. The summed E-state index contributed by atoms with van der Waals surface area (Å²) in [6.07, 6.45) is 3.07. The van der Waals surface area contributed by atoms with E-state index >= 15 is 0 Å². The van der Waals surface area contributed by atoms with Crippen molar-refractivity contribution in [2.24, 2.45) is 27.9 Å². The zero-order chi connectivity index (χ0) is 15.2. The summed E-state index contributed by atoms with van der Waals surface area (Å²) < 4.78 is 0. The van der Waals surface area contributed by atoms with Gasteiger partial charge in [0.1, 0.15) is 0 Å². The highest BCUT2D eigenvalue weighted by atomic mass is 16.1. The maximum Gasteiger partial charge on any atom is 0.166 e. The minimum atomic E-state index is -0.251. The van der Waals surface area contributed by atoms with Crippen LogP contribution in [0.2, 0.25) is 0 Å². The summed E-state index contributed by atoms with van der Waals surface area (Å²) in [5, 5.41) is 0. The first-order chi connectivity index (χ1) is 9.78. The average molecular weight is 281 g/mol. The number of carbonyl (C=O) groups is 1. The summed E-state index contributed by atoms with van der Waals surface area (Å²) in [5.41, 5.74) is 9.56. The molecule has 2 nitrogen and oxygen atoms in total. The van der Waals surface area contributed by atoms with E-state index in [1.807, 2.05) is 0 Å². The molecule has 0 aromatic heterocycles. The highest BCUT2D eigenvalue weighted by molar-refractivity contribution is 6.12. The molecule has 3 fully saturated rings. The second-order valence-electron chi connectivity index (χ2n) is 7.85. The molecule has 0 aliphatic heterocycles. The van der Waals surface area contributed by atoms with Gasteiger partial charge in [-0.2, -0.15) is 0 Å². The standard InChI is InChI=1S/C19H23NO/c1-11-5-7-12(8-6-11)9-13-14-10-15(20)19(14)17(2,3)18(19,4)16(13)21/h5-9,14-15H,10,20H2,1-4H3/b13-9-. The average Bonchev–Trinajstić information content (AvgIpc) is 2.80. The molecule has 2 N–H and O–H groups in total. The molecule has 110 valence electrons. The number of rotatable bonds is 1. The molecule has 2 heteroatoms. The normalized spacial score (nSPS) is 44.2. The molecule has 0 amide bonds. The van der Waals surface area contributed by atoms with E-state index in [1.54, 1.807) is 0 Å². The number of benzene rings is 1. The highest BCUT2D eigenvalue weighted by Crippen LogP contribution is 2.91. The molecule has 0 heterocycles. The number of carbonyl (C=O) groups excluding carboxylic acids is 1.